The van der Waals surface area contributed by atoms with Crippen molar-refractivity contribution in [3.05, 3.63) is 65.5 Å². The first-order valence-corrected chi connectivity index (χ1v) is 9.21. The summed E-state index contributed by atoms with van der Waals surface area (Å²) in [5.74, 6) is -1.47. The number of benzene rings is 2. The number of primary amides is 1. The monoisotopic (exact) mass is 430 g/mol. The average Bonchev–Trinajstić information content (AvgIpc) is 2.74. The fraction of sp³-hybridized carbons (Fsp3) is 0.227. The number of hydrogen-bond donors (Lipinski definition) is 1. The van der Waals surface area contributed by atoms with Gasteiger partial charge in [-0.2, -0.15) is 0 Å². The second kappa shape index (κ2) is 11.3. The largest absolute Gasteiger partial charge is 0.493 e. The van der Waals surface area contributed by atoms with Crippen LogP contribution in [0.4, 0.5) is 4.39 Å². The summed E-state index contributed by atoms with van der Waals surface area (Å²) in [5.41, 5.74) is 6.28. The molecule has 0 fully saturated rings. The van der Waals surface area contributed by atoms with E-state index < -0.39 is 24.4 Å². The van der Waals surface area contributed by atoms with Crippen molar-refractivity contribution in [2.75, 3.05) is 27.4 Å². The zero-order valence-corrected chi connectivity index (χ0v) is 17.2. The summed E-state index contributed by atoms with van der Waals surface area (Å²) in [6, 6.07) is 10.7. The smallest absolute Gasteiger partial charge is 0.331 e. The predicted octanol–water partition coefficient (Wildman–Crippen LogP) is 1.91. The van der Waals surface area contributed by atoms with Crippen LogP contribution in [0.25, 0.3) is 6.08 Å². The predicted molar refractivity (Wildman–Crippen MR) is 111 cm³/mol. The van der Waals surface area contributed by atoms with E-state index in [-0.39, 0.29) is 19.0 Å². The topological polar surface area (TPSA) is 108 Å². The summed E-state index contributed by atoms with van der Waals surface area (Å²) in [7, 11) is 2.96. The van der Waals surface area contributed by atoms with Gasteiger partial charge in [0.2, 0.25) is 0 Å². The Morgan fingerprint density at radius 2 is 1.87 bits per heavy atom. The van der Waals surface area contributed by atoms with Crippen LogP contribution in [0.15, 0.2) is 48.5 Å². The first-order valence-electron chi connectivity index (χ1n) is 9.21. The van der Waals surface area contributed by atoms with Gasteiger partial charge in [0, 0.05) is 19.7 Å². The van der Waals surface area contributed by atoms with Crippen molar-refractivity contribution in [2.45, 2.75) is 6.54 Å². The number of methoxy groups -OCH3 is 1. The van der Waals surface area contributed by atoms with Crippen LogP contribution in [0.1, 0.15) is 11.1 Å². The van der Waals surface area contributed by atoms with Crippen LogP contribution in [-0.4, -0.2) is 50.1 Å². The molecule has 0 unspecified atom stereocenters. The van der Waals surface area contributed by atoms with E-state index in [2.05, 4.69) is 0 Å². The van der Waals surface area contributed by atoms with Gasteiger partial charge in [-0.15, -0.1) is 0 Å². The molecular weight excluding hydrogens is 407 g/mol. The quantitative estimate of drug-likeness (QED) is 0.456. The summed E-state index contributed by atoms with van der Waals surface area (Å²) in [4.78, 5) is 36.2. The lowest BCUT2D eigenvalue weighted by molar-refractivity contribution is -0.147. The van der Waals surface area contributed by atoms with Crippen LogP contribution in [0.3, 0.4) is 0 Å². The van der Waals surface area contributed by atoms with Crippen molar-refractivity contribution in [3.63, 3.8) is 0 Å². The molecule has 0 saturated heterocycles. The van der Waals surface area contributed by atoms with Crippen LogP contribution in [-0.2, 0) is 25.7 Å². The van der Waals surface area contributed by atoms with Gasteiger partial charge in [-0.05, 0) is 41.5 Å². The van der Waals surface area contributed by atoms with Gasteiger partial charge in [0.25, 0.3) is 11.8 Å². The molecule has 2 aromatic rings. The third kappa shape index (κ3) is 7.81. The molecule has 0 atom stereocenters. The molecule has 0 heterocycles. The molecule has 0 radical (unpaired) electrons. The van der Waals surface area contributed by atoms with Gasteiger partial charge in [0.1, 0.15) is 5.82 Å². The van der Waals surface area contributed by atoms with E-state index >= 15 is 0 Å². The molecule has 0 saturated carbocycles. The molecule has 2 N–H and O–H groups in total. The number of ether oxygens (including phenoxy) is 3. The standard InChI is InChI=1S/C22H23FN2O6/c1-25(12-16-4-3-5-17(23)10-16)21(27)14-31-22(28)9-7-15-6-8-18(19(11-15)29-2)30-13-20(24)26/h3-11H,12-14H2,1-2H3,(H2,24,26)/b9-7+. The summed E-state index contributed by atoms with van der Waals surface area (Å²) < 4.78 is 28.6. The van der Waals surface area contributed by atoms with E-state index in [4.69, 9.17) is 19.9 Å². The number of nitrogens with zero attached hydrogens (tertiary/aromatic N) is 1. The first-order chi connectivity index (χ1) is 14.8. The number of hydrogen-bond acceptors (Lipinski definition) is 6. The molecule has 0 aromatic heterocycles. The Morgan fingerprint density at radius 3 is 2.55 bits per heavy atom. The van der Waals surface area contributed by atoms with E-state index in [1.807, 2.05) is 0 Å². The highest BCUT2D eigenvalue weighted by Crippen LogP contribution is 2.28. The van der Waals surface area contributed by atoms with Crippen molar-refractivity contribution >= 4 is 23.9 Å². The second-order valence-corrected chi connectivity index (χ2v) is 6.49. The zero-order chi connectivity index (χ0) is 22.8. The van der Waals surface area contributed by atoms with Gasteiger partial charge < -0.3 is 24.8 Å². The van der Waals surface area contributed by atoms with Crippen LogP contribution >= 0.6 is 0 Å². The van der Waals surface area contributed by atoms with Crippen molar-refractivity contribution in [3.8, 4) is 11.5 Å². The molecule has 31 heavy (non-hydrogen) atoms. The fourth-order valence-electron chi connectivity index (χ4n) is 2.51. The van der Waals surface area contributed by atoms with E-state index in [1.54, 1.807) is 30.3 Å². The Hall–Kier alpha value is -3.88. The van der Waals surface area contributed by atoms with E-state index in [1.165, 1.54) is 43.3 Å². The Labute approximate surface area is 179 Å². The number of likely N-dealkylation sites (N-methyl/N-ethyl adjacent to an activating group) is 1. The van der Waals surface area contributed by atoms with Gasteiger partial charge in [0.05, 0.1) is 7.11 Å². The van der Waals surface area contributed by atoms with E-state index in [0.717, 1.165) is 0 Å². The first kappa shape index (κ1) is 23.4. The van der Waals surface area contributed by atoms with Crippen LogP contribution in [0.2, 0.25) is 0 Å². The number of nitrogens with two attached hydrogens (primary N) is 1. The van der Waals surface area contributed by atoms with Gasteiger partial charge in [-0.3, -0.25) is 9.59 Å². The summed E-state index contributed by atoms with van der Waals surface area (Å²) >= 11 is 0. The molecule has 2 aromatic carbocycles. The van der Waals surface area contributed by atoms with E-state index in [0.29, 0.717) is 22.6 Å². The zero-order valence-electron chi connectivity index (χ0n) is 17.2. The molecule has 0 spiro atoms. The van der Waals surface area contributed by atoms with Crippen LogP contribution < -0.4 is 15.2 Å². The lowest BCUT2D eigenvalue weighted by Crippen LogP contribution is -2.30. The van der Waals surface area contributed by atoms with E-state index in [9.17, 15) is 18.8 Å². The van der Waals surface area contributed by atoms with Crippen molar-refractivity contribution in [1.82, 2.24) is 4.90 Å². The summed E-state index contributed by atoms with van der Waals surface area (Å²) in [6.45, 7) is -0.550. The maximum Gasteiger partial charge on any atom is 0.331 e. The average molecular weight is 430 g/mol. The van der Waals surface area contributed by atoms with Gasteiger partial charge in [0.15, 0.2) is 24.7 Å². The lowest BCUT2D eigenvalue weighted by atomic mass is 10.2. The maximum atomic E-state index is 13.2. The van der Waals surface area contributed by atoms with Gasteiger partial charge in [-0.1, -0.05) is 18.2 Å². The molecule has 0 aliphatic rings. The number of esters is 1. The van der Waals surface area contributed by atoms with Gasteiger partial charge in [-0.25, -0.2) is 9.18 Å². The minimum Gasteiger partial charge on any atom is -0.493 e. The highest BCUT2D eigenvalue weighted by atomic mass is 19.1. The number of carbonyl (C=O) groups is 3. The van der Waals surface area contributed by atoms with Crippen molar-refractivity contribution < 1.29 is 33.0 Å². The van der Waals surface area contributed by atoms with Gasteiger partial charge >= 0.3 is 5.97 Å². The molecule has 0 aliphatic heterocycles. The van der Waals surface area contributed by atoms with Crippen LogP contribution in [0.5, 0.6) is 11.5 Å². The van der Waals surface area contributed by atoms with Crippen molar-refractivity contribution in [2.24, 2.45) is 5.73 Å². The highest BCUT2D eigenvalue weighted by molar-refractivity contribution is 5.89. The Balaban J connectivity index is 1.87. The normalized spacial score (nSPS) is 10.5. The maximum absolute atomic E-state index is 13.2. The molecule has 0 bridgehead atoms. The molecule has 9 heteroatoms. The number of carbonyl (C=O) groups excluding carboxylic acids is 3. The minimum absolute atomic E-state index is 0.188. The summed E-state index contributed by atoms with van der Waals surface area (Å²) in [6.07, 6.45) is 2.64. The lowest BCUT2D eigenvalue weighted by Gasteiger charge is -2.17. The molecule has 8 nitrogen and oxygen atoms in total. The highest BCUT2D eigenvalue weighted by Gasteiger charge is 2.12. The number of halogens is 1. The minimum atomic E-state index is -0.708. The molecular formula is C22H23FN2O6. The Morgan fingerprint density at radius 1 is 1.10 bits per heavy atom. The number of rotatable bonds is 10. The second-order valence-electron chi connectivity index (χ2n) is 6.49. The molecule has 2 amide bonds. The molecule has 0 aliphatic carbocycles. The Bertz CT molecular complexity index is 976. The third-order valence-electron chi connectivity index (χ3n) is 4.04. The SMILES string of the molecule is COc1cc(/C=C/C(=O)OCC(=O)N(C)Cc2cccc(F)c2)ccc1OCC(N)=O. The molecule has 164 valence electrons. The Kier molecular flexibility index (Phi) is 8.56. The molecule has 2 rings (SSSR count). The third-order valence-corrected chi connectivity index (χ3v) is 4.04. The summed E-state index contributed by atoms with van der Waals surface area (Å²) in [5, 5.41) is 0. The number of amides is 2. The van der Waals surface area contributed by atoms with Crippen LogP contribution in [0, 0.1) is 5.82 Å². The van der Waals surface area contributed by atoms with Crippen molar-refractivity contribution in [1.29, 1.82) is 0 Å². The fourth-order valence-corrected chi connectivity index (χ4v) is 2.51.